The summed E-state index contributed by atoms with van der Waals surface area (Å²) in [6.45, 7) is 4.23. The van der Waals surface area contributed by atoms with Gasteiger partial charge in [0.1, 0.15) is 0 Å². The van der Waals surface area contributed by atoms with Gasteiger partial charge in [0.25, 0.3) is 0 Å². The van der Waals surface area contributed by atoms with Gasteiger partial charge in [-0.05, 0) is 44.2 Å². The second kappa shape index (κ2) is 12.1. The molecule has 1 aromatic rings. The van der Waals surface area contributed by atoms with E-state index >= 15 is 0 Å². The maximum absolute atomic E-state index is 12.2. The smallest absolute Gasteiger partial charge is 0.348 e. The third-order valence-electron chi connectivity index (χ3n) is 3.54. The van der Waals surface area contributed by atoms with Crippen LogP contribution in [0.25, 0.3) is 0 Å². The van der Waals surface area contributed by atoms with Crippen molar-refractivity contribution in [3.63, 3.8) is 0 Å². The molecule has 0 aliphatic rings. The summed E-state index contributed by atoms with van der Waals surface area (Å²) in [7, 11) is 3.17. The number of nitrogens with one attached hydrogen (secondary N) is 1. The van der Waals surface area contributed by atoms with Gasteiger partial charge in [0.05, 0.1) is 32.5 Å². The molecule has 1 aromatic carbocycles. The van der Waals surface area contributed by atoms with Crippen LogP contribution >= 0.6 is 11.8 Å². The topological polar surface area (TPSA) is 83.1 Å². The van der Waals surface area contributed by atoms with E-state index in [0.29, 0.717) is 29.5 Å². The average Bonchev–Trinajstić information content (AvgIpc) is 2.67. The number of hydrogen-bond acceptors (Lipinski definition) is 8. The van der Waals surface area contributed by atoms with Gasteiger partial charge in [-0.1, -0.05) is 6.07 Å². The molecular formula is C19H27NO6S. The fourth-order valence-corrected chi connectivity index (χ4v) is 2.91. The minimum atomic E-state index is -0.695. The molecule has 0 saturated heterocycles. The normalized spacial score (nSPS) is 9.96. The van der Waals surface area contributed by atoms with Gasteiger partial charge in [-0.25, -0.2) is 9.59 Å². The Hall–Kier alpha value is -2.35. The lowest BCUT2D eigenvalue weighted by Gasteiger charge is -2.14. The molecule has 0 radical (unpaired) electrons. The monoisotopic (exact) mass is 397 g/mol. The summed E-state index contributed by atoms with van der Waals surface area (Å²) in [6, 6.07) is 5.66. The molecule has 0 bridgehead atoms. The number of hydrogen-bond donors (Lipinski definition) is 1. The van der Waals surface area contributed by atoms with E-state index in [2.05, 4.69) is 5.32 Å². The van der Waals surface area contributed by atoms with Gasteiger partial charge in [0, 0.05) is 6.54 Å². The van der Waals surface area contributed by atoms with Crippen molar-refractivity contribution in [1.29, 1.82) is 0 Å². The van der Waals surface area contributed by atoms with E-state index in [1.807, 2.05) is 18.2 Å². The fourth-order valence-electron chi connectivity index (χ4n) is 2.29. The zero-order valence-corrected chi connectivity index (χ0v) is 17.2. The van der Waals surface area contributed by atoms with Crippen LogP contribution in [0.1, 0.15) is 19.4 Å². The highest BCUT2D eigenvalue weighted by Crippen LogP contribution is 2.27. The molecule has 0 aliphatic carbocycles. The number of esters is 2. The highest BCUT2D eigenvalue weighted by Gasteiger charge is 2.26. The maximum atomic E-state index is 12.2. The number of methoxy groups -OCH3 is 2. The van der Waals surface area contributed by atoms with E-state index in [0.717, 1.165) is 5.56 Å². The van der Waals surface area contributed by atoms with Crippen LogP contribution < -0.4 is 14.8 Å². The largest absolute Gasteiger partial charge is 0.493 e. The molecular weight excluding hydrogens is 370 g/mol. The zero-order valence-electron chi connectivity index (χ0n) is 16.4. The molecule has 0 heterocycles. The first-order valence-electron chi connectivity index (χ1n) is 8.59. The molecule has 0 amide bonds. The predicted molar refractivity (Wildman–Crippen MR) is 105 cm³/mol. The predicted octanol–water partition coefficient (Wildman–Crippen LogP) is 2.54. The van der Waals surface area contributed by atoms with E-state index < -0.39 is 11.9 Å². The molecule has 1 N–H and O–H groups in total. The van der Waals surface area contributed by atoms with Crippen molar-refractivity contribution >= 4 is 23.7 Å². The minimum absolute atomic E-state index is 0.112. The lowest BCUT2D eigenvalue weighted by molar-refractivity contribution is -0.146. The summed E-state index contributed by atoms with van der Waals surface area (Å²) < 4.78 is 20.5. The molecule has 150 valence electrons. The zero-order chi connectivity index (χ0) is 20.2. The molecule has 7 nitrogen and oxygen atoms in total. The van der Waals surface area contributed by atoms with Gasteiger partial charge in [-0.2, -0.15) is 0 Å². The summed E-state index contributed by atoms with van der Waals surface area (Å²) in [4.78, 5) is 24.4. The van der Waals surface area contributed by atoms with Crippen LogP contribution in [0.5, 0.6) is 11.5 Å². The van der Waals surface area contributed by atoms with Crippen molar-refractivity contribution in [2.45, 2.75) is 20.3 Å². The maximum Gasteiger partial charge on any atom is 0.348 e. The summed E-state index contributed by atoms with van der Waals surface area (Å²) in [6.07, 6.45) is 2.43. The minimum Gasteiger partial charge on any atom is -0.493 e. The number of benzene rings is 1. The number of rotatable bonds is 11. The first kappa shape index (κ1) is 22.7. The van der Waals surface area contributed by atoms with E-state index in [1.165, 1.54) is 11.8 Å². The van der Waals surface area contributed by atoms with Crippen molar-refractivity contribution in [1.82, 2.24) is 5.32 Å². The Bertz CT molecular complexity index is 654. The van der Waals surface area contributed by atoms with Crippen LogP contribution in [0, 0.1) is 0 Å². The molecule has 0 fully saturated rings. The quantitative estimate of drug-likeness (QED) is 0.264. The van der Waals surface area contributed by atoms with Gasteiger partial charge in [0.2, 0.25) is 0 Å². The van der Waals surface area contributed by atoms with Crippen molar-refractivity contribution in [3.8, 4) is 11.5 Å². The third-order valence-corrected chi connectivity index (χ3v) is 4.29. The molecule has 8 heteroatoms. The van der Waals surface area contributed by atoms with Crippen LogP contribution in [0.15, 0.2) is 28.8 Å². The van der Waals surface area contributed by atoms with E-state index in [9.17, 15) is 9.59 Å². The fraction of sp³-hybridized carbons (Fsp3) is 0.474. The second-order valence-electron chi connectivity index (χ2n) is 5.22. The Balaban J connectivity index is 2.92. The summed E-state index contributed by atoms with van der Waals surface area (Å²) >= 11 is 1.26. The standard InChI is InChI=1S/C19H27NO6S/c1-6-25-18(21)16(19(22)26-7-2)17(27-5)20-11-10-13-8-9-14(23-3)15(12-13)24-4/h8-9,12,20H,6-7,10-11H2,1-5H3. The highest BCUT2D eigenvalue weighted by molar-refractivity contribution is 8.02. The Morgan fingerprint density at radius 2 is 1.59 bits per heavy atom. The van der Waals surface area contributed by atoms with Crippen LogP contribution in [0.2, 0.25) is 0 Å². The SMILES string of the molecule is CCOC(=O)C(C(=O)OCC)=C(NCCc1ccc(OC)c(OC)c1)SC. The first-order chi connectivity index (χ1) is 13.0. The molecule has 27 heavy (non-hydrogen) atoms. The summed E-state index contributed by atoms with van der Waals surface area (Å²) in [5, 5.41) is 3.56. The third kappa shape index (κ3) is 6.71. The molecule has 1 rings (SSSR count). The Kier molecular flexibility index (Phi) is 10.2. The number of carbonyl (C=O) groups is 2. The lowest BCUT2D eigenvalue weighted by Crippen LogP contribution is -2.26. The summed E-state index contributed by atoms with van der Waals surface area (Å²) in [5.74, 6) is -0.0852. The van der Waals surface area contributed by atoms with Crippen LogP contribution in [0.3, 0.4) is 0 Å². The van der Waals surface area contributed by atoms with E-state index in [1.54, 1.807) is 34.3 Å². The molecule has 0 saturated carbocycles. The van der Waals surface area contributed by atoms with Crippen molar-refractivity contribution in [2.75, 3.05) is 40.2 Å². The van der Waals surface area contributed by atoms with Crippen molar-refractivity contribution in [3.05, 3.63) is 34.4 Å². The van der Waals surface area contributed by atoms with Gasteiger partial charge < -0.3 is 24.3 Å². The molecule has 0 aliphatic heterocycles. The Labute approximate surface area is 164 Å². The van der Waals surface area contributed by atoms with Crippen LogP contribution in [0.4, 0.5) is 0 Å². The number of ether oxygens (including phenoxy) is 4. The van der Waals surface area contributed by atoms with Gasteiger partial charge in [-0.15, -0.1) is 11.8 Å². The van der Waals surface area contributed by atoms with Gasteiger partial charge >= 0.3 is 11.9 Å². The molecule has 0 atom stereocenters. The summed E-state index contributed by atoms with van der Waals surface area (Å²) in [5.41, 5.74) is 0.910. The van der Waals surface area contributed by atoms with Gasteiger partial charge in [-0.3, -0.25) is 0 Å². The lowest BCUT2D eigenvalue weighted by atomic mass is 10.1. The van der Waals surface area contributed by atoms with Crippen molar-refractivity contribution in [2.24, 2.45) is 0 Å². The van der Waals surface area contributed by atoms with Crippen LogP contribution in [-0.2, 0) is 25.5 Å². The number of thioether (sulfide) groups is 1. The van der Waals surface area contributed by atoms with Gasteiger partial charge in [0.15, 0.2) is 17.1 Å². The second-order valence-corrected chi connectivity index (χ2v) is 6.03. The average molecular weight is 397 g/mol. The molecule has 0 spiro atoms. The number of carbonyl (C=O) groups excluding carboxylic acids is 2. The Morgan fingerprint density at radius 3 is 2.07 bits per heavy atom. The molecule has 0 aromatic heterocycles. The van der Waals surface area contributed by atoms with Crippen molar-refractivity contribution < 1.29 is 28.5 Å². The van der Waals surface area contributed by atoms with Crippen LogP contribution in [-0.4, -0.2) is 52.2 Å². The first-order valence-corrected chi connectivity index (χ1v) is 9.82. The molecule has 0 unspecified atom stereocenters. The van der Waals surface area contributed by atoms with E-state index in [-0.39, 0.29) is 18.8 Å². The Morgan fingerprint density at radius 1 is 1.00 bits per heavy atom. The van der Waals surface area contributed by atoms with E-state index in [4.69, 9.17) is 18.9 Å². The highest BCUT2D eigenvalue weighted by atomic mass is 32.2.